The van der Waals surface area contributed by atoms with Crippen LogP contribution in [-0.2, 0) is 4.79 Å². The molecule has 106 valence electrons. The maximum Gasteiger partial charge on any atom is 0.339 e. The number of non-ortho nitro benzene ring substituents is 1. The van der Waals surface area contributed by atoms with Crippen LogP contribution in [0, 0.1) is 10.1 Å². The molecule has 0 bridgehead atoms. The third kappa shape index (κ3) is 2.53. The molecule has 1 saturated heterocycles. The second kappa shape index (κ2) is 5.16. The second-order valence-electron chi connectivity index (χ2n) is 4.40. The maximum absolute atomic E-state index is 11.7. The fourth-order valence-corrected chi connectivity index (χ4v) is 1.95. The molecule has 0 saturated carbocycles. The van der Waals surface area contributed by atoms with Crippen LogP contribution >= 0.6 is 0 Å². The number of aromatic carboxylic acids is 1. The average molecular weight is 280 g/mol. The van der Waals surface area contributed by atoms with E-state index in [1.165, 1.54) is 11.0 Å². The summed E-state index contributed by atoms with van der Waals surface area (Å²) in [5.74, 6) is -1.63. The Bertz CT molecular complexity index is 585. The number of carbonyl (C=O) groups is 2. The zero-order valence-corrected chi connectivity index (χ0v) is 10.6. The molecule has 1 aliphatic heterocycles. The van der Waals surface area contributed by atoms with Crippen molar-refractivity contribution in [3.63, 3.8) is 0 Å². The van der Waals surface area contributed by atoms with Crippen LogP contribution in [0.3, 0.4) is 0 Å². The third-order valence-corrected chi connectivity index (χ3v) is 3.05. The number of hydrogen-bond acceptors (Lipinski definition) is 5. The quantitative estimate of drug-likeness (QED) is 0.648. The standard InChI is InChI=1S/C12H12N2O6/c1-13-5-4-10(11(13)15)20-9-3-2-7(14(18)19)6-8(9)12(16)17/h2-3,6,10H,4-5H2,1H3,(H,16,17). The number of amides is 1. The van der Waals surface area contributed by atoms with Crippen LogP contribution in [0.25, 0.3) is 0 Å². The highest BCUT2D eigenvalue weighted by Gasteiger charge is 2.32. The van der Waals surface area contributed by atoms with Crippen molar-refractivity contribution in [3.8, 4) is 5.75 Å². The molecule has 1 aliphatic rings. The molecular weight excluding hydrogens is 268 g/mol. The van der Waals surface area contributed by atoms with Gasteiger partial charge >= 0.3 is 5.97 Å². The zero-order chi connectivity index (χ0) is 14.9. The third-order valence-electron chi connectivity index (χ3n) is 3.05. The van der Waals surface area contributed by atoms with Crippen molar-refractivity contribution in [2.45, 2.75) is 12.5 Å². The summed E-state index contributed by atoms with van der Waals surface area (Å²) in [5.41, 5.74) is -0.675. The minimum Gasteiger partial charge on any atom is -0.480 e. The van der Waals surface area contributed by atoms with Crippen molar-refractivity contribution in [3.05, 3.63) is 33.9 Å². The predicted molar refractivity (Wildman–Crippen MR) is 66.7 cm³/mol. The fourth-order valence-electron chi connectivity index (χ4n) is 1.95. The first-order valence-corrected chi connectivity index (χ1v) is 5.83. The molecule has 1 N–H and O–H groups in total. The van der Waals surface area contributed by atoms with Gasteiger partial charge in [-0.1, -0.05) is 0 Å². The van der Waals surface area contributed by atoms with E-state index in [2.05, 4.69) is 0 Å². The topological polar surface area (TPSA) is 110 Å². The highest BCUT2D eigenvalue weighted by molar-refractivity contribution is 5.92. The van der Waals surface area contributed by atoms with Gasteiger partial charge in [0.1, 0.15) is 11.3 Å². The molecule has 1 atom stereocenters. The molecule has 0 aliphatic carbocycles. The molecule has 1 fully saturated rings. The number of likely N-dealkylation sites (tertiary alicyclic amines) is 1. The highest BCUT2D eigenvalue weighted by atomic mass is 16.6. The van der Waals surface area contributed by atoms with Gasteiger partial charge < -0.3 is 14.7 Å². The molecule has 1 aromatic rings. The van der Waals surface area contributed by atoms with Gasteiger partial charge in [0.25, 0.3) is 11.6 Å². The fraction of sp³-hybridized carbons (Fsp3) is 0.333. The van der Waals surface area contributed by atoms with Gasteiger partial charge in [0, 0.05) is 32.1 Å². The van der Waals surface area contributed by atoms with Crippen molar-refractivity contribution in [2.75, 3.05) is 13.6 Å². The Balaban J connectivity index is 2.30. The molecule has 20 heavy (non-hydrogen) atoms. The molecule has 1 aromatic carbocycles. The Kier molecular flexibility index (Phi) is 3.55. The summed E-state index contributed by atoms with van der Waals surface area (Å²) in [6.07, 6.45) is -0.301. The predicted octanol–water partition coefficient (Wildman–Crippen LogP) is 0.903. The van der Waals surface area contributed by atoms with E-state index in [1.54, 1.807) is 7.05 Å². The molecule has 0 aromatic heterocycles. The molecule has 1 amide bonds. The minimum atomic E-state index is -1.34. The van der Waals surface area contributed by atoms with Crippen molar-refractivity contribution in [1.82, 2.24) is 4.90 Å². The van der Waals surface area contributed by atoms with E-state index in [1.807, 2.05) is 0 Å². The molecule has 1 heterocycles. The monoisotopic (exact) mass is 280 g/mol. The lowest BCUT2D eigenvalue weighted by molar-refractivity contribution is -0.384. The van der Waals surface area contributed by atoms with Gasteiger partial charge in [-0.3, -0.25) is 14.9 Å². The number of carboxylic acid groups (broad SMARTS) is 1. The van der Waals surface area contributed by atoms with Crippen LogP contribution in [0.15, 0.2) is 18.2 Å². The molecule has 8 heteroatoms. The Hall–Kier alpha value is -2.64. The number of nitrogens with zero attached hydrogens (tertiary/aromatic N) is 2. The largest absolute Gasteiger partial charge is 0.480 e. The van der Waals surface area contributed by atoms with E-state index < -0.39 is 17.0 Å². The molecule has 8 nitrogen and oxygen atoms in total. The lowest BCUT2D eigenvalue weighted by atomic mass is 10.1. The number of nitro benzene ring substituents is 1. The number of benzene rings is 1. The van der Waals surface area contributed by atoms with Gasteiger partial charge in [-0.2, -0.15) is 0 Å². The average Bonchev–Trinajstić information content (AvgIpc) is 2.70. The SMILES string of the molecule is CN1CCC(Oc2ccc([N+](=O)[O-])cc2C(=O)O)C1=O. The normalized spacial score (nSPS) is 18.1. The first-order chi connectivity index (χ1) is 9.40. The maximum atomic E-state index is 11.7. The lowest BCUT2D eigenvalue weighted by Gasteiger charge is -2.14. The number of carboxylic acids is 1. The number of hydrogen-bond donors (Lipinski definition) is 1. The molecule has 2 rings (SSSR count). The van der Waals surface area contributed by atoms with Crippen molar-refractivity contribution >= 4 is 17.6 Å². The number of likely N-dealkylation sites (N-methyl/N-ethyl adjacent to an activating group) is 1. The smallest absolute Gasteiger partial charge is 0.339 e. The van der Waals surface area contributed by atoms with Gasteiger partial charge in [0.2, 0.25) is 0 Å². The van der Waals surface area contributed by atoms with Crippen LogP contribution < -0.4 is 4.74 Å². The van der Waals surface area contributed by atoms with Crippen molar-refractivity contribution in [2.24, 2.45) is 0 Å². The van der Waals surface area contributed by atoms with E-state index in [-0.39, 0.29) is 22.9 Å². The number of carbonyl (C=O) groups excluding carboxylic acids is 1. The van der Waals surface area contributed by atoms with Gasteiger partial charge in [-0.05, 0) is 6.07 Å². The van der Waals surface area contributed by atoms with Gasteiger partial charge in [-0.25, -0.2) is 4.79 Å². The number of rotatable bonds is 4. The van der Waals surface area contributed by atoms with E-state index in [0.29, 0.717) is 13.0 Å². The molecule has 0 radical (unpaired) electrons. The van der Waals surface area contributed by atoms with Gasteiger partial charge in [0.05, 0.1) is 4.92 Å². The Morgan fingerprint density at radius 3 is 2.75 bits per heavy atom. The van der Waals surface area contributed by atoms with Crippen LogP contribution in [-0.4, -0.2) is 46.5 Å². The van der Waals surface area contributed by atoms with Crippen LogP contribution in [0.1, 0.15) is 16.8 Å². The summed E-state index contributed by atoms with van der Waals surface area (Å²) >= 11 is 0. The summed E-state index contributed by atoms with van der Waals surface area (Å²) in [6, 6.07) is 3.26. The van der Waals surface area contributed by atoms with Crippen molar-refractivity contribution in [1.29, 1.82) is 0 Å². The summed E-state index contributed by atoms with van der Waals surface area (Å²) in [7, 11) is 1.62. The van der Waals surface area contributed by atoms with Crippen LogP contribution in [0.2, 0.25) is 0 Å². The van der Waals surface area contributed by atoms with E-state index in [0.717, 1.165) is 12.1 Å². The molecule has 1 unspecified atom stereocenters. The number of nitro groups is 1. The zero-order valence-electron chi connectivity index (χ0n) is 10.6. The van der Waals surface area contributed by atoms with E-state index in [9.17, 15) is 19.7 Å². The summed E-state index contributed by atoms with van der Waals surface area (Å²) < 4.78 is 5.39. The van der Waals surface area contributed by atoms with Crippen LogP contribution in [0.4, 0.5) is 5.69 Å². The Labute approximate surface area is 113 Å². The number of ether oxygens (including phenoxy) is 1. The Morgan fingerprint density at radius 1 is 1.55 bits per heavy atom. The summed E-state index contributed by atoms with van der Waals surface area (Å²) in [4.78, 5) is 34.3. The first kappa shape index (κ1) is 13.8. The summed E-state index contributed by atoms with van der Waals surface area (Å²) in [6.45, 7) is 0.527. The van der Waals surface area contributed by atoms with Crippen LogP contribution in [0.5, 0.6) is 5.75 Å². The highest BCUT2D eigenvalue weighted by Crippen LogP contribution is 2.27. The first-order valence-electron chi connectivity index (χ1n) is 5.83. The minimum absolute atomic E-state index is 0.0447. The van der Waals surface area contributed by atoms with Gasteiger partial charge in [0.15, 0.2) is 6.10 Å². The lowest BCUT2D eigenvalue weighted by Crippen LogP contribution is -2.29. The van der Waals surface area contributed by atoms with Gasteiger partial charge in [-0.15, -0.1) is 0 Å². The molecule has 0 spiro atoms. The summed E-state index contributed by atoms with van der Waals surface area (Å²) in [5, 5.41) is 19.7. The van der Waals surface area contributed by atoms with Crippen molar-refractivity contribution < 1.29 is 24.4 Å². The van der Waals surface area contributed by atoms with E-state index in [4.69, 9.17) is 9.84 Å². The molecular formula is C12H12N2O6. The van der Waals surface area contributed by atoms with E-state index >= 15 is 0 Å². The second-order valence-corrected chi connectivity index (χ2v) is 4.40. The Morgan fingerprint density at radius 2 is 2.25 bits per heavy atom.